The Hall–Kier alpha value is -1.64. The lowest BCUT2D eigenvalue weighted by atomic mass is 10.0. The van der Waals surface area contributed by atoms with E-state index in [1.165, 1.54) is 22.3 Å². The predicted molar refractivity (Wildman–Crippen MR) is 89.4 cm³/mol. The first-order valence-electron chi connectivity index (χ1n) is 7.59. The minimum atomic E-state index is 0.508. The lowest BCUT2D eigenvalue weighted by molar-refractivity contribution is 0.202. The molecule has 2 rings (SSSR count). The first-order chi connectivity index (χ1) is 10.2. The molecular weight excluding hydrogens is 258 g/mol. The van der Waals surface area contributed by atoms with Crippen LogP contribution in [0.1, 0.15) is 25.0 Å². The van der Waals surface area contributed by atoms with Crippen molar-refractivity contribution in [2.75, 3.05) is 13.7 Å². The van der Waals surface area contributed by atoms with Crippen LogP contribution in [0.4, 0.5) is 0 Å². The van der Waals surface area contributed by atoms with Crippen molar-refractivity contribution in [3.05, 3.63) is 59.7 Å². The highest BCUT2D eigenvalue weighted by Crippen LogP contribution is 2.21. The Kier molecular flexibility index (Phi) is 5.97. The van der Waals surface area contributed by atoms with Gasteiger partial charge in [-0.3, -0.25) is 0 Å². The van der Waals surface area contributed by atoms with Crippen LogP contribution >= 0.6 is 0 Å². The molecule has 21 heavy (non-hydrogen) atoms. The van der Waals surface area contributed by atoms with Gasteiger partial charge in [-0.2, -0.15) is 0 Å². The average Bonchev–Trinajstić information content (AvgIpc) is 2.52. The normalized spacial score (nSPS) is 11.0. The van der Waals surface area contributed by atoms with Gasteiger partial charge in [0.1, 0.15) is 0 Å². The van der Waals surface area contributed by atoms with Crippen molar-refractivity contribution < 1.29 is 4.74 Å². The van der Waals surface area contributed by atoms with E-state index in [1.807, 2.05) is 0 Å². The summed E-state index contributed by atoms with van der Waals surface area (Å²) in [6.45, 7) is 6.03. The zero-order valence-corrected chi connectivity index (χ0v) is 13.2. The molecule has 0 fully saturated rings. The highest BCUT2D eigenvalue weighted by molar-refractivity contribution is 5.64. The summed E-state index contributed by atoms with van der Waals surface area (Å²) in [5, 5.41) is 3.46. The van der Waals surface area contributed by atoms with E-state index in [1.54, 1.807) is 7.11 Å². The quantitative estimate of drug-likeness (QED) is 0.828. The zero-order chi connectivity index (χ0) is 15.1. The van der Waals surface area contributed by atoms with Crippen LogP contribution in [0.15, 0.2) is 48.5 Å². The molecule has 0 heterocycles. The van der Waals surface area contributed by atoms with Gasteiger partial charge < -0.3 is 10.1 Å². The Bertz CT molecular complexity index is 546. The fourth-order valence-corrected chi connectivity index (χ4v) is 2.27. The molecule has 112 valence electrons. The van der Waals surface area contributed by atoms with E-state index in [-0.39, 0.29) is 0 Å². The third-order valence-corrected chi connectivity index (χ3v) is 3.52. The van der Waals surface area contributed by atoms with Crippen molar-refractivity contribution in [3.8, 4) is 11.1 Å². The topological polar surface area (TPSA) is 21.3 Å². The number of hydrogen-bond donors (Lipinski definition) is 1. The first-order valence-corrected chi connectivity index (χ1v) is 7.59. The predicted octanol–water partition coefficient (Wildman–Crippen LogP) is 4.04. The van der Waals surface area contributed by atoms with E-state index in [9.17, 15) is 0 Å². The molecule has 0 unspecified atom stereocenters. The Balaban J connectivity index is 2.08. The maximum Gasteiger partial charge on any atom is 0.0502 e. The second-order valence-corrected chi connectivity index (χ2v) is 5.68. The van der Waals surface area contributed by atoms with E-state index < -0.39 is 0 Å². The van der Waals surface area contributed by atoms with Crippen molar-refractivity contribution in [1.82, 2.24) is 5.32 Å². The van der Waals surface area contributed by atoms with Crippen molar-refractivity contribution >= 4 is 0 Å². The fraction of sp³-hybridized carbons (Fsp3) is 0.368. The fourth-order valence-electron chi connectivity index (χ4n) is 2.27. The lowest BCUT2D eigenvalue weighted by Crippen LogP contribution is -2.21. The number of methoxy groups -OCH3 is 1. The van der Waals surface area contributed by atoms with Crippen LogP contribution in [0.2, 0.25) is 0 Å². The van der Waals surface area contributed by atoms with Gasteiger partial charge in [-0.05, 0) is 34.7 Å². The van der Waals surface area contributed by atoms with Gasteiger partial charge in [0.25, 0.3) is 0 Å². The molecule has 0 spiro atoms. The van der Waals surface area contributed by atoms with Gasteiger partial charge in [-0.25, -0.2) is 0 Å². The Morgan fingerprint density at radius 2 is 1.71 bits per heavy atom. The molecule has 1 N–H and O–H groups in total. The second-order valence-electron chi connectivity index (χ2n) is 5.68. The zero-order valence-electron chi connectivity index (χ0n) is 13.2. The van der Waals surface area contributed by atoms with E-state index in [2.05, 4.69) is 67.7 Å². The second kappa shape index (κ2) is 7.96. The molecule has 0 bridgehead atoms. The summed E-state index contributed by atoms with van der Waals surface area (Å²) in [6, 6.07) is 18.0. The van der Waals surface area contributed by atoms with Crippen molar-refractivity contribution in [1.29, 1.82) is 0 Å². The minimum Gasteiger partial charge on any atom is -0.384 e. The van der Waals surface area contributed by atoms with Crippen molar-refractivity contribution in [3.63, 3.8) is 0 Å². The van der Waals surface area contributed by atoms with Crippen LogP contribution in [0.3, 0.4) is 0 Å². The SMILES string of the molecule is COCCc1ccc(-c2cccc(CNC(C)C)c2)cc1. The van der Waals surface area contributed by atoms with Gasteiger partial charge in [0.2, 0.25) is 0 Å². The smallest absolute Gasteiger partial charge is 0.0502 e. The van der Waals surface area contributed by atoms with E-state index >= 15 is 0 Å². The number of benzene rings is 2. The molecule has 2 aromatic rings. The maximum atomic E-state index is 5.12. The molecule has 2 aromatic carbocycles. The van der Waals surface area contributed by atoms with Crippen LogP contribution in [0.25, 0.3) is 11.1 Å². The Morgan fingerprint density at radius 3 is 2.38 bits per heavy atom. The minimum absolute atomic E-state index is 0.508. The number of nitrogens with one attached hydrogen (secondary N) is 1. The van der Waals surface area contributed by atoms with Crippen LogP contribution < -0.4 is 5.32 Å². The van der Waals surface area contributed by atoms with Gasteiger partial charge in [0.05, 0.1) is 6.61 Å². The van der Waals surface area contributed by atoms with Gasteiger partial charge in [-0.15, -0.1) is 0 Å². The Morgan fingerprint density at radius 1 is 0.952 bits per heavy atom. The van der Waals surface area contributed by atoms with E-state index in [0.717, 1.165) is 19.6 Å². The van der Waals surface area contributed by atoms with Gasteiger partial charge >= 0.3 is 0 Å². The van der Waals surface area contributed by atoms with Gasteiger partial charge in [0, 0.05) is 19.7 Å². The molecule has 0 aliphatic rings. The molecule has 0 atom stereocenters. The van der Waals surface area contributed by atoms with E-state index in [0.29, 0.717) is 6.04 Å². The van der Waals surface area contributed by atoms with Crippen LogP contribution in [-0.2, 0) is 17.7 Å². The highest BCUT2D eigenvalue weighted by atomic mass is 16.5. The summed E-state index contributed by atoms with van der Waals surface area (Å²) in [7, 11) is 1.74. The summed E-state index contributed by atoms with van der Waals surface area (Å²) < 4.78 is 5.12. The number of hydrogen-bond acceptors (Lipinski definition) is 2. The molecule has 0 aliphatic carbocycles. The summed E-state index contributed by atoms with van der Waals surface area (Å²) in [5.41, 5.74) is 5.18. The molecule has 0 aliphatic heterocycles. The first kappa shape index (κ1) is 15.7. The van der Waals surface area contributed by atoms with Crippen LogP contribution in [0, 0.1) is 0 Å². The highest BCUT2D eigenvalue weighted by Gasteiger charge is 2.01. The van der Waals surface area contributed by atoms with Crippen molar-refractivity contribution in [2.24, 2.45) is 0 Å². The largest absolute Gasteiger partial charge is 0.384 e. The summed E-state index contributed by atoms with van der Waals surface area (Å²) in [5.74, 6) is 0. The molecule has 0 saturated heterocycles. The van der Waals surface area contributed by atoms with Crippen LogP contribution in [0.5, 0.6) is 0 Å². The molecular formula is C19H25NO. The van der Waals surface area contributed by atoms with Gasteiger partial charge in [-0.1, -0.05) is 56.3 Å². The third kappa shape index (κ3) is 5.00. The summed E-state index contributed by atoms with van der Waals surface area (Å²) in [4.78, 5) is 0. The summed E-state index contributed by atoms with van der Waals surface area (Å²) >= 11 is 0. The number of ether oxygens (including phenoxy) is 1. The lowest BCUT2D eigenvalue weighted by Gasteiger charge is -2.10. The molecule has 0 amide bonds. The maximum absolute atomic E-state index is 5.12. The van der Waals surface area contributed by atoms with E-state index in [4.69, 9.17) is 4.74 Å². The van der Waals surface area contributed by atoms with Crippen LogP contribution in [-0.4, -0.2) is 19.8 Å². The third-order valence-electron chi connectivity index (χ3n) is 3.52. The molecule has 2 heteroatoms. The number of rotatable bonds is 7. The monoisotopic (exact) mass is 283 g/mol. The molecule has 2 nitrogen and oxygen atoms in total. The Labute approximate surface area is 128 Å². The average molecular weight is 283 g/mol. The van der Waals surface area contributed by atoms with Crippen molar-refractivity contribution in [2.45, 2.75) is 32.9 Å². The summed E-state index contributed by atoms with van der Waals surface area (Å²) in [6.07, 6.45) is 0.967. The van der Waals surface area contributed by atoms with Gasteiger partial charge in [0.15, 0.2) is 0 Å². The molecule has 0 aromatic heterocycles. The molecule has 0 saturated carbocycles. The standard InChI is InChI=1S/C19H25NO/c1-15(2)20-14-17-5-4-6-19(13-17)18-9-7-16(8-10-18)11-12-21-3/h4-10,13,15,20H,11-12,14H2,1-3H3. The molecule has 0 radical (unpaired) electrons.